The number of piperidine rings is 1. The molecule has 0 aliphatic carbocycles. The molecule has 0 bridgehead atoms. The molecular weight excluding hydrogens is 547 g/mol. The summed E-state index contributed by atoms with van der Waals surface area (Å²) < 4.78 is 25.0. The van der Waals surface area contributed by atoms with Crippen LogP contribution in [-0.2, 0) is 4.79 Å². The summed E-state index contributed by atoms with van der Waals surface area (Å²) in [5.74, 6) is 0.390. The van der Waals surface area contributed by atoms with Gasteiger partial charge in [0.05, 0.1) is 12.6 Å². The van der Waals surface area contributed by atoms with Crippen molar-refractivity contribution in [2.45, 2.75) is 44.7 Å². The minimum absolute atomic E-state index is 0.149. The largest absolute Gasteiger partial charge is 0.457 e. The van der Waals surface area contributed by atoms with Crippen LogP contribution in [0.3, 0.4) is 0 Å². The Morgan fingerprint density at radius 1 is 1.14 bits per heavy atom. The first-order chi connectivity index (χ1) is 20.7. The summed E-state index contributed by atoms with van der Waals surface area (Å²) >= 11 is 0. The van der Waals surface area contributed by atoms with Crippen LogP contribution in [0.15, 0.2) is 72.8 Å². The third kappa shape index (κ3) is 5.53. The number of amides is 1. The van der Waals surface area contributed by atoms with E-state index in [2.05, 4.69) is 20.9 Å². The molecule has 10 nitrogen and oxygen atoms in total. The van der Waals surface area contributed by atoms with Gasteiger partial charge in [0.15, 0.2) is 24.3 Å². The second-order valence-corrected chi connectivity index (χ2v) is 11.6. The third-order valence-electron chi connectivity index (χ3n) is 8.31. The molecule has 1 amide bonds. The normalized spacial score (nSPS) is 17.9. The fraction of sp³-hybridized carbons (Fsp3) is 0.344. The Kier molecular flexibility index (Phi) is 7.54. The van der Waals surface area contributed by atoms with Gasteiger partial charge in [-0.2, -0.15) is 10.2 Å². The number of hydrogen-bond acceptors (Lipinski definition) is 7. The highest BCUT2D eigenvalue weighted by molar-refractivity contribution is 5.97. The van der Waals surface area contributed by atoms with Crippen LogP contribution in [0.25, 0.3) is 16.9 Å². The number of carbonyl (C=O) groups excluding carboxylic acids is 1. The number of para-hydroxylation sites is 1. The maximum atomic E-state index is 15.6. The zero-order valence-electron chi connectivity index (χ0n) is 24.3. The lowest BCUT2D eigenvalue weighted by molar-refractivity contribution is -0.702. The number of rotatable bonds is 7. The van der Waals surface area contributed by atoms with Gasteiger partial charge in [0.2, 0.25) is 5.52 Å². The van der Waals surface area contributed by atoms with E-state index in [0.29, 0.717) is 35.8 Å². The summed E-state index contributed by atoms with van der Waals surface area (Å²) in [6.07, 6.45) is 7.57. The van der Waals surface area contributed by atoms with Crippen molar-refractivity contribution < 1.29 is 18.5 Å². The first-order valence-electron chi connectivity index (χ1n) is 14.5. The summed E-state index contributed by atoms with van der Waals surface area (Å²) in [6, 6.07) is 15.8. The number of nitriles is 1. The SMILES string of the molecule is CC(C)(C=C(C#N)C(=O)N1CCC[C@@H]([n+]2cn(-c3ccc(Oc4ccccc4)cc3F)c3c(N)ncnc32)C1)N1CCC1. The summed E-state index contributed by atoms with van der Waals surface area (Å²) in [4.78, 5) is 26.2. The molecule has 2 saturated heterocycles. The fourth-order valence-corrected chi connectivity index (χ4v) is 5.88. The van der Waals surface area contributed by atoms with Crippen LogP contribution in [0, 0.1) is 17.1 Å². The molecule has 4 aromatic rings. The molecule has 2 aromatic carbocycles. The maximum Gasteiger partial charge on any atom is 0.308 e. The molecule has 2 aliphatic heterocycles. The van der Waals surface area contributed by atoms with Gasteiger partial charge in [-0.1, -0.05) is 23.2 Å². The number of nitrogens with two attached hydrogens (primary N) is 1. The number of imidazole rings is 1. The van der Waals surface area contributed by atoms with Crippen molar-refractivity contribution in [1.29, 1.82) is 5.26 Å². The molecule has 43 heavy (non-hydrogen) atoms. The highest BCUT2D eigenvalue weighted by atomic mass is 19.1. The fourth-order valence-electron chi connectivity index (χ4n) is 5.88. The Morgan fingerprint density at radius 3 is 2.63 bits per heavy atom. The smallest absolute Gasteiger partial charge is 0.308 e. The van der Waals surface area contributed by atoms with Crippen LogP contribution in [0.2, 0.25) is 0 Å². The molecule has 0 unspecified atom stereocenters. The highest BCUT2D eigenvalue weighted by Gasteiger charge is 2.35. The molecule has 2 fully saturated rings. The van der Waals surface area contributed by atoms with Crippen molar-refractivity contribution in [3.05, 3.63) is 78.7 Å². The third-order valence-corrected chi connectivity index (χ3v) is 8.31. The lowest BCUT2D eigenvalue weighted by atomic mass is 9.94. The van der Waals surface area contributed by atoms with Crippen LogP contribution >= 0.6 is 0 Å². The molecule has 11 heteroatoms. The zero-order chi connectivity index (χ0) is 30.1. The first-order valence-corrected chi connectivity index (χ1v) is 14.5. The Morgan fingerprint density at radius 2 is 1.93 bits per heavy atom. The van der Waals surface area contributed by atoms with E-state index in [9.17, 15) is 10.1 Å². The van der Waals surface area contributed by atoms with Gasteiger partial charge >= 0.3 is 5.65 Å². The number of nitrogens with zero attached hydrogens (tertiary/aromatic N) is 7. The van der Waals surface area contributed by atoms with E-state index in [1.807, 2.05) is 36.6 Å². The van der Waals surface area contributed by atoms with Crippen LogP contribution in [0.1, 0.15) is 39.2 Å². The summed E-state index contributed by atoms with van der Waals surface area (Å²) in [5.41, 5.74) is 7.34. The van der Waals surface area contributed by atoms with Crippen LogP contribution in [0.5, 0.6) is 11.5 Å². The van der Waals surface area contributed by atoms with E-state index in [0.717, 1.165) is 32.4 Å². The van der Waals surface area contributed by atoms with Crippen molar-refractivity contribution in [3.63, 3.8) is 0 Å². The molecule has 0 spiro atoms. The molecule has 2 aromatic heterocycles. The number of ether oxygens (including phenoxy) is 1. The monoisotopic (exact) mass is 581 g/mol. The average molecular weight is 582 g/mol. The van der Waals surface area contributed by atoms with Gasteiger partial charge in [-0.25, -0.2) is 13.5 Å². The minimum atomic E-state index is -0.505. The van der Waals surface area contributed by atoms with E-state index in [1.165, 1.54) is 12.4 Å². The quantitative estimate of drug-likeness (QED) is 0.196. The summed E-state index contributed by atoms with van der Waals surface area (Å²) in [6.45, 7) is 6.90. The molecule has 2 aliphatic rings. The number of halogens is 1. The number of hydrogen-bond donors (Lipinski definition) is 1. The van der Waals surface area contributed by atoms with Gasteiger partial charge in [0, 0.05) is 31.2 Å². The second kappa shape index (κ2) is 11.5. The first kappa shape index (κ1) is 28.3. The molecule has 0 radical (unpaired) electrons. The molecule has 220 valence electrons. The van der Waals surface area contributed by atoms with Crippen molar-refractivity contribution in [1.82, 2.24) is 24.3 Å². The number of nitrogen functional groups attached to an aromatic ring is 1. The van der Waals surface area contributed by atoms with Gasteiger partial charge < -0.3 is 15.4 Å². The van der Waals surface area contributed by atoms with E-state index in [-0.39, 0.29) is 34.6 Å². The average Bonchev–Trinajstić information content (AvgIpc) is 3.36. The molecule has 4 heterocycles. The van der Waals surface area contributed by atoms with Crippen molar-refractivity contribution in [3.8, 4) is 23.3 Å². The summed E-state index contributed by atoms with van der Waals surface area (Å²) in [7, 11) is 0. The van der Waals surface area contributed by atoms with Gasteiger partial charge in [0.25, 0.3) is 5.91 Å². The second-order valence-electron chi connectivity index (χ2n) is 11.6. The van der Waals surface area contributed by atoms with Crippen LogP contribution < -0.4 is 15.0 Å². The number of likely N-dealkylation sites (tertiary alicyclic amines) is 2. The van der Waals surface area contributed by atoms with E-state index >= 15 is 4.39 Å². The number of benzene rings is 2. The number of aromatic nitrogens is 4. The molecule has 6 rings (SSSR count). The Hall–Kier alpha value is -4.82. The van der Waals surface area contributed by atoms with E-state index < -0.39 is 5.82 Å². The van der Waals surface area contributed by atoms with Gasteiger partial charge in [-0.3, -0.25) is 9.69 Å². The molecule has 1 atom stereocenters. The Labute approximate surface area is 249 Å². The standard InChI is InChI=1S/C32H34FN8O2/c1-32(2,39-14-7-15-39)17-22(18-34)31(42)38-13-6-8-23(19-38)40-21-41(28-29(35)36-20-37-30(28)40)27-12-11-25(16-26(27)33)43-24-9-4-3-5-10-24/h3-5,9-12,16-17,20-21,23H,6-8,13-15,19H2,1-2H3,(H2,35,36,37)/q+1/t23-/m1/s1. The minimum Gasteiger partial charge on any atom is -0.457 e. The van der Waals surface area contributed by atoms with E-state index in [4.69, 9.17) is 10.5 Å². The number of fused-ring (bicyclic) bond motifs is 1. The van der Waals surface area contributed by atoms with E-state index in [1.54, 1.807) is 46.1 Å². The maximum absolute atomic E-state index is 15.6. The van der Waals surface area contributed by atoms with Crippen molar-refractivity contribution >= 4 is 22.9 Å². The number of carbonyl (C=O) groups is 1. The number of anilines is 1. The molecule has 2 N–H and O–H groups in total. The van der Waals surface area contributed by atoms with Gasteiger partial charge in [-0.15, -0.1) is 0 Å². The Balaban J connectivity index is 1.30. The highest BCUT2D eigenvalue weighted by Crippen LogP contribution is 2.30. The van der Waals surface area contributed by atoms with Crippen LogP contribution in [0.4, 0.5) is 10.2 Å². The Bertz CT molecular complexity index is 1740. The van der Waals surface area contributed by atoms with Gasteiger partial charge in [0.1, 0.15) is 28.8 Å². The lowest BCUT2D eigenvalue weighted by Gasteiger charge is -2.43. The predicted octanol–water partition coefficient (Wildman–Crippen LogP) is 4.32. The van der Waals surface area contributed by atoms with Crippen molar-refractivity contribution in [2.75, 3.05) is 31.9 Å². The predicted molar refractivity (Wildman–Crippen MR) is 159 cm³/mol. The summed E-state index contributed by atoms with van der Waals surface area (Å²) in [5, 5.41) is 9.91. The zero-order valence-corrected chi connectivity index (χ0v) is 24.3. The molecular formula is C32H34FN8O2+. The van der Waals surface area contributed by atoms with Gasteiger partial charge in [-0.05, 0) is 63.5 Å². The van der Waals surface area contributed by atoms with Crippen molar-refractivity contribution in [2.24, 2.45) is 0 Å². The molecule has 0 saturated carbocycles. The lowest BCUT2D eigenvalue weighted by Crippen LogP contribution is -2.52. The topological polar surface area (TPSA) is 117 Å². The van der Waals surface area contributed by atoms with Crippen LogP contribution in [-0.4, -0.2) is 62.0 Å².